The topological polar surface area (TPSA) is 55.1 Å². The lowest BCUT2D eigenvalue weighted by atomic mass is 10.1. The summed E-state index contributed by atoms with van der Waals surface area (Å²) in [5.74, 6) is -0.114. The van der Waals surface area contributed by atoms with Gasteiger partial charge in [-0.3, -0.25) is 4.79 Å². The van der Waals surface area contributed by atoms with Crippen LogP contribution in [0.1, 0.15) is 16.4 Å². The molecular weight excluding hydrogens is 356 g/mol. The zero-order chi connectivity index (χ0) is 18.6. The Morgan fingerprint density at radius 2 is 1.67 bits per heavy atom. The molecule has 1 heterocycles. The Balaban J connectivity index is 1.62. The minimum absolute atomic E-state index is 0.114. The molecule has 0 unspecified atom stereocenters. The van der Waals surface area contributed by atoms with Gasteiger partial charge in [-0.2, -0.15) is 0 Å². The van der Waals surface area contributed by atoms with Gasteiger partial charge in [0.1, 0.15) is 10.8 Å². The number of aromatic nitrogens is 1. The van der Waals surface area contributed by atoms with Crippen LogP contribution in [0.15, 0.2) is 88.5 Å². The summed E-state index contributed by atoms with van der Waals surface area (Å²) in [6, 6.07) is 25.0. The Labute approximate surface area is 161 Å². The second-order valence-electron chi connectivity index (χ2n) is 6.21. The Hall–Kier alpha value is -3.05. The first-order chi connectivity index (χ1) is 13.2. The van der Waals surface area contributed by atoms with Crippen LogP contribution >= 0.6 is 11.8 Å². The summed E-state index contributed by atoms with van der Waals surface area (Å²) in [6.45, 7) is 2.02. The molecule has 134 valence electrons. The molecule has 0 aliphatic heterocycles. The molecule has 0 radical (unpaired) electrons. The number of thioether (sulfide) groups is 1. The molecule has 1 amide bonds. The van der Waals surface area contributed by atoms with E-state index in [9.17, 15) is 4.79 Å². The number of anilines is 1. The van der Waals surface area contributed by atoms with E-state index in [0.29, 0.717) is 10.8 Å². The van der Waals surface area contributed by atoms with Gasteiger partial charge >= 0.3 is 0 Å². The highest BCUT2D eigenvalue weighted by atomic mass is 32.2. The minimum Gasteiger partial charge on any atom is -0.431 e. The van der Waals surface area contributed by atoms with Gasteiger partial charge in [0.15, 0.2) is 5.58 Å². The summed E-state index contributed by atoms with van der Waals surface area (Å²) in [5, 5.41) is 3.00. The number of para-hydroxylation sites is 2. The number of benzene rings is 3. The summed E-state index contributed by atoms with van der Waals surface area (Å²) in [6.07, 6.45) is 0. The summed E-state index contributed by atoms with van der Waals surface area (Å²) in [4.78, 5) is 17.5. The molecule has 4 rings (SSSR count). The van der Waals surface area contributed by atoms with Crippen molar-refractivity contribution < 1.29 is 9.21 Å². The molecule has 0 saturated heterocycles. The predicted molar refractivity (Wildman–Crippen MR) is 109 cm³/mol. The van der Waals surface area contributed by atoms with Gasteiger partial charge in [-0.1, -0.05) is 60.2 Å². The van der Waals surface area contributed by atoms with E-state index >= 15 is 0 Å². The van der Waals surface area contributed by atoms with Crippen LogP contribution in [0.5, 0.6) is 0 Å². The van der Waals surface area contributed by atoms with E-state index in [-0.39, 0.29) is 5.91 Å². The lowest BCUT2D eigenvalue weighted by Gasteiger charge is -2.15. The van der Waals surface area contributed by atoms with Crippen molar-refractivity contribution >= 4 is 34.5 Å². The summed E-state index contributed by atoms with van der Waals surface area (Å²) in [5.41, 5.74) is 4.31. The Kier molecular flexibility index (Phi) is 4.94. The van der Waals surface area contributed by atoms with Crippen LogP contribution in [0, 0.1) is 6.92 Å². The van der Waals surface area contributed by atoms with Crippen molar-refractivity contribution in [1.82, 2.24) is 4.98 Å². The Morgan fingerprint density at radius 1 is 0.963 bits per heavy atom. The highest BCUT2D eigenvalue weighted by Crippen LogP contribution is 2.37. The monoisotopic (exact) mass is 374 g/mol. The SMILES string of the molecule is Cc1ccc(NC(=O)[C@H](Sc2nc3ccccc3o2)c2ccccc2)cc1. The van der Waals surface area contributed by atoms with Gasteiger partial charge in [-0.15, -0.1) is 0 Å². The van der Waals surface area contributed by atoms with E-state index in [0.717, 1.165) is 22.3 Å². The highest BCUT2D eigenvalue weighted by molar-refractivity contribution is 8.00. The third kappa shape index (κ3) is 4.04. The van der Waals surface area contributed by atoms with Crippen molar-refractivity contribution in [1.29, 1.82) is 0 Å². The molecule has 1 atom stereocenters. The third-order valence-electron chi connectivity index (χ3n) is 4.15. The number of oxazole rings is 1. The number of aryl methyl sites for hydroxylation is 1. The maximum absolute atomic E-state index is 13.0. The molecule has 3 aromatic carbocycles. The van der Waals surface area contributed by atoms with E-state index < -0.39 is 5.25 Å². The standard InChI is InChI=1S/C22H18N2O2S/c1-15-11-13-17(14-12-15)23-21(25)20(16-7-3-2-4-8-16)27-22-24-18-9-5-6-10-19(18)26-22/h2-14,20H,1H3,(H,23,25)/t20-/m1/s1. The average molecular weight is 374 g/mol. The fourth-order valence-corrected chi connectivity index (χ4v) is 3.70. The highest BCUT2D eigenvalue weighted by Gasteiger charge is 2.24. The van der Waals surface area contributed by atoms with E-state index in [4.69, 9.17) is 4.42 Å². The number of hydrogen-bond acceptors (Lipinski definition) is 4. The van der Waals surface area contributed by atoms with Gasteiger partial charge in [0.05, 0.1) is 0 Å². The van der Waals surface area contributed by atoms with Crippen LogP contribution in [-0.2, 0) is 4.79 Å². The first-order valence-corrected chi connectivity index (χ1v) is 9.52. The summed E-state index contributed by atoms with van der Waals surface area (Å²) in [7, 11) is 0. The normalized spacial score (nSPS) is 12.0. The number of fused-ring (bicyclic) bond motifs is 1. The van der Waals surface area contributed by atoms with Gasteiger partial charge in [-0.25, -0.2) is 4.98 Å². The molecule has 4 aromatic rings. The third-order valence-corrected chi connectivity index (χ3v) is 5.25. The van der Waals surface area contributed by atoms with Crippen molar-refractivity contribution in [3.8, 4) is 0 Å². The van der Waals surface area contributed by atoms with E-state index in [1.165, 1.54) is 11.8 Å². The molecule has 0 bridgehead atoms. The van der Waals surface area contributed by atoms with Gasteiger partial charge in [0.2, 0.25) is 5.91 Å². The second-order valence-corrected chi connectivity index (χ2v) is 7.27. The van der Waals surface area contributed by atoms with E-state index in [1.54, 1.807) is 0 Å². The number of carbonyl (C=O) groups excluding carboxylic acids is 1. The van der Waals surface area contributed by atoms with Crippen LogP contribution in [0.4, 0.5) is 5.69 Å². The molecule has 0 spiro atoms. The van der Waals surface area contributed by atoms with Crippen molar-refractivity contribution in [2.45, 2.75) is 17.4 Å². The van der Waals surface area contributed by atoms with E-state index in [2.05, 4.69) is 10.3 Å². The van der Waals surface area contributed by atoms with Crippen molar-refractivity contribution in [3.63, 3.8) is 0 Å². The molecule has 1 aromatic heterocycles. The number of nitrogens with one attached hydrogen (secondary N) is 1. The van der Waals surface area contributed by atoms with E-state index in [1.807, 2.05) is 85.8 Å². The predicted octanol–water partition coefficient (Wildman–Crippen LogP) is 5.61. The van der Waals surface area contributed by atoms with Crippen molar-refractivity contribution in [2.24, 2.45) is 0 Å². The average Bonchev–Trinajstić information content (AvgIpc) is 3.11. The first-order valence-electron chi connectivity index (χ1n) is 8.64. The van der Waals surface area contributed by atoms with Crippen LogP contribution in [0.3, 0.4) is 0 Å². The summed E-state index contributed by atoms with van der Waals surface area (Å²) < 4.78 is 5.81. The molecule has 0 saturated carbocycles. The molecule has 1 N–H and O–H groups in total. The fourth-order valence-electron chi connectivity index (χ4n) is 2.75. The number of amides is 1. The summed E-state index contributed by atoms with van der Waals surface area (Å²) >= 11 is 1.31. The fraction of sp³-hybridized carbons (Fsp3) is 0.0909. The van der Waals surface area contributed by atoms with Crippen molar-refractivity contribution in [3.05, 3.63) is 90.0 Å². The smallest absolute Gasteiger partial charge is 0.257 e. The molecule has 0 aliphatic carbocycles. The van der Waals surface area contributed by atoms with Crippen molar-refractivity contribution in [2.75, 3.05) is 5.32 Å². The van der Waals surface area contributed by atoms with Gasteiger partial charge in [0.25, 0.3) is 5.22 Å². The first kappa shape index (κ1) is 17.4. The Morgan fingerprint density at radius 3 is 2.41 bits per heavy atom. The maximum atomic E-state index is 13.0. The lowest BCUT2D eigenvalue weighted by molar-refractivity contribution is -0.115. The van der Waals surface area contributed by atoms with Crippen LogP contribution in [0.2, 0.25) is 0 Å². The van der Waals surface area contributed by atoms with Crippen LogP contribution in [-0.4, -0.2) is 10.9 Å². The van der Waals surface area contributed by atoms with Crippen LogP contribution in [0.25, 0.3) is 11.1 Å². The molecule has 0 fully saturated rings. The zero-order valence-electron chi connectivity index (χ0n) is 14.8. The molecule has 4 nitrogen and oxygen atoms in total. The number of nitrogens with zero attached hydrogens (tertiary/aromatic N) is 1. The molecule has 0 aliphatic rings. The van der Waals surface area contributed by atoms with Gasteiger partial charge in [0, 0.05) is 5.69 Å². The Bertz CT molecular complexity index is 1030. The quantitative estimate of drug-likeness (QED) is 0.461. The molecular formula is C22H18N2O2S. The number of carbonyl (C=O) groups is 1. The number of rotatable bonds is 5. The zero-order valence-corrected chi connectivity index (χ0v) is 15.6. The van der Waals surface area contributed by atoms with Crippen LogP contribution < -0.4 is 5.32 Å². The molecule has 27 heavy (non-hydrogen) atoms. The maximum Gasteiger partial charge on any atom is 0.257 e. The lowest BCUT2D eigenvalue weighted by Crippen LogP contribution is -2.19. The largest absolute Gasteiger partial charge is 0.431 e. The number of hydrogen-bond donors (Lipinski definition) is 1. The van der Waals surface area contributed by atoms with Gasteiger partial charge in [-0.05, 0) is 48.5 Å². The van der Waals surface area contributed by atoms with Gasteiger partial charge < -0.3 is 9.73 Å². The minimum atomic E-state index is -0.472. The molecule has 5 heteroatoms. The second kappa shape index (κ2) is 7.68.